The number of ether oxygens (including phenoxy) is 1. The van der Waals surface area contributed by atoms with E-state index in [4.69, 9.17) is 4.74 Å². The van der Waals surface area contributed by atoms with Crippen LogP contribution >= 0.6 is 0 Å². The molecule has 0 saturated carbocycles. The molecular weight excluding hydrogens is 358 g/mol. The third-order valence-electron chi connectivity index (χ3n) is 4.51. The van der Waals surface area contributed by atoms with Crippen molar-refractivity contribution in [3.05, 3.63) is 60.7 Å². The zero-order valence-electron chi connectivity index (χ0n) is 16.2. The summed E-state index contributed by atoms with van der Waals surface area (Å²) in [5.41, 5.74) is -1.22. The largest absolute Gasteiger partial charge is 0.481 e. The summed E-state index contributed by atoms with van der Waals surface area (Å²) in [6, 6.07) is 19.6. The molecule has 6 heteroatoms. The van der Waals surface area contributed by atoms with E-state index in [1.165, 1.54) is 0 Å². The van der Waals surface area contributed by atoms with Gasteiger partial charge in [0.1, 0.15) is 13.7 Å². The summed E-state index contributed by atoms with van der Waals surface area (Å²) in [6.07, 6.45) is -0.773. The summed E-state index contributed by atoms with van der Waals surface area (Å²) in [4.78, 5) is 24.1. The van der Waals surface area contributed by atoms with Crippen LogP contribution in [0.4, 0.5) is 4.79 Å². The van der Waals surface area contributed by atoms with Crippen LogP contribution in [0.25, 0.3) is 0 Å². The third-order valence-corrected chi connectivity index (χ3v) is 9.32. The molecule has 1 atom stereocenters. The molecule has 1 amide bonds. The zero-order chi connectivity index (χ0) is 20.1. The van der Waals surface area contributed by atoms with E-state index in [2.05, 4.69) is 11.9 Å². The van der Waals surface area contributed by atoms with Crippen LogP contribution in [0.5, 0.6) is 0 Å². The molecule has 0 bridgehead atoms. The molecule has 0 unspecified atom stereocenters. The first kappa shape index (κ1) is 20.7. The molecule has 0 aliphatic heterocycles. The van der Waals surface area contributed by atoms with Crippen molar-refractivity contribution in [2.45, 2.75) is 45.0 Å². The molecule has 2 N–H and O–H groups in total. The predicted molar refractivity (Wildman–Crippen MR) is 109 cm³/mol. The Labute approximate surface area is 161 Å². The maximum atomic E-state index is 12.5. The van der Waals surface area contributed by atoms with Gasteiger partial charge in [-0.05, 0) is 20.8 Å². The molecule has 0 aliphatic rings. The Balaban J connectivity index is 2.51. The molecule has 0 aliphatic carbocycles. The van der Waals surface area contributed by atoms with Crippen LogP contribution in [-0.2, 0) is 9.53 Å². The topological polar surface area (TPSA) is 75.6 Å². The van der Waals surface area contributed by atoms with Crippen LogP contribution in [0.2, 0.25) is 6.55 Å². The Hall–Kier alpha value is -2.60. The highest BCUT2D eigenvalue weighted by atomic mass is 28.3. The Morgan fingerprint density at radius 3 is 1.81 bits per heavy atom. The molecule has 2 aromatic carbocycles. The lowest BCUT2D eigenvalue weighted by Gasteiger charge is -2.37. The van der Waals surface area contributed by atoms with Gasteiger partial charge in [0, 0.05) is 5.67 Å². The molecular formula is C21H27NO4Si. The summed E-state index contributed by atoms with van der Waals surface area (Å²) in [6.45, 7) is 7.43. The van der Waals surface area contributed by atoms with E-state index < -0.39 is 31.4 Å². The van der Waals surface area contributed by atoms with Gasteiger partial charge in [-0.25, -0.2) is 4.79 Å². The number of rotatable bonds is 6. The Bertz CT molecular complexity index is 732. The highest BCUT2D eigenvalue weighted by Crippen LogP contribution is 2.16. The number of amides is 1. The number of carboxylic acid groups (broad SMARTS) is 1. The number of hydrogen-bond donors (Lipinski definition) is 2. The van der Waals surface area contributed by atoms with Crippen LogP contribution in [0, 0.1) is 0 Å². The fourth-order valence-corrected chi connectivity index (χ4v) is 7.06. The first-order valence-corrected chi connectivity index (χ1v) is 11.5. The van der Waals surface area contributed by atoms with E-state index in [1.807, 2.05) is 60.7 Å². The molecule has 0 aromatic heterocycles. The third kappa shape index (κ3) is 5.43. The van der Waals surface area contributed by atoms with E-state index in [-0.39, 0.29) is 6.42 Å². The first-order chi connectivity index (χ1) is 12.6. The second kappa shape index (κ2) is 8.39. The van der Waals surface area contributed by atoms with E-state index in [1.54, 1.807) is 20.8 Å². The first-order valence-electron chi connectivity index (χ1n) is 8.95. The van der Waals surface area contributed by atoms with Gasteiger partial charge in [0.2, 0.25) is 0 Å². The SMILES string of the molecule is CC(C)(C)OC(=O)N[C@@H](CC(=O)O)[Si](C)(c1ccccc1)c1ccccc1. The van der Waals surface area contributed by atoms with Gasteiger partial charge in [-0.2, -0.15) is 0 Å². The summed E-state index contributed by atoms with van der Waals surface area (Å²) in [7, 11) is -2.62. The van der Waals surface area contributed by atoms with Crippen molar-refractivity contribution in [1.82, 2.24) is 5.32 Å². The van der Waals surface area contributed by atoms with Crippen molar-refractivity contribution in [3.63, 3.8) is 0 Å². The summed E-state index contributed by atoms with van der Waals surface area (Å²) < 4.78 is 5.40. The maximum Gasteiger partial charge on any atom is 0.407 e. The fourth-order valence-electron chi connectivity index (χ4n) is 3.16. The molecule has 2 rings (SSSR count). The average molecular weight is 386 g/mol. The van der Waals surface area contributed by atoms with Crippen LogP contribution < -0.4 is 15.7 Å². The summed E-state index contributed by atoms with van der Waals surface area (Å²) in [5, 5.41) is 14.5. The van der Waals surface area contributed by atoms with Crippen LogP contribution in [0.15, 0.2) is 60.7 Å². The van der Waals surface area contributed by atoms with Crippen molar-refractivity contribution in [1.29, 1.82) is 0 Å². The molecule has 0 heterocycles. The van der Waals surface area contributed by atoms with Crippen molar-refractivity contribution in [3.8, 4) is 0 Å². The van der Waals surface area contributed by atoms with Crippen molar-refractivity contribution >= 4 is 30.5 Å². The molecule has 0 saturated heterocycles. The molecule has 0 spiro atoms. The van der Waals surface area contributed by atoms with Crippen LogP contribution in [-0.4, -0.2) is 36.5 Å². The van der Waals surface area contributed by atoms with E-state index in [0.717, 1.165) is 10.4 Å². The number of hydrogen-bond acceptors (Lipinski definition) is 3. The van der Waals surface area contributed by atoms with Crippen molar-refractivity contribution in [2.24, 2.45) is 0 Å². The molecule has 144 valence electrons. The lowest BCUT2D eigenvalue weighted by atomic mass is 10.2. The van der Waals surface area contributed by atoms with Gasteiger partial charge in [-0.15, -0.1) is 0 Å². The van der Waals surface area contributed by atoms with Gasteiger partial charge in [0.15, 0.2) is 0 Å². The number of carbonyl (C=O) groups is 2. The number of carbonyl (C=O) groups excluding carboxylic acids is 1. The second-order valence-electron chi connectivity index (χ2n) is 7.73. The van der Waals surface area contributed by atoms with E-state index >= 15 is 0 Å². The fraction of sp³-hybridized carbons (Fsp3) is 0.333. The van der Waals surface area contributed by atoms with Crippen LogP contribution in [0.3, 0.4) is 0 Å². The van der Waals surface area contributed by atoms with Gasteiger partial charge < -0.3 is 15.2 Å². The van der Waals surface area contributed by atoms with Gasteiger partial charge in [0.25, 0.3) is 0 Å². The quantitative estimate of drug-likeness (QED) is 0.750. The van der Waals surface area contributed by atoms with Gasteiger partial charge in [0.05, 0.1) is 6.42 Å². The van der Waals surface area contributed by atoms with Gasteiger partial charge >= 0.3 is 12.1 Å². The monoisotopic (exact) mass is 385 g/mol. The number of carboxylic acids is 1. The minimum atomic E-state index is -2.62. The normalized spacial score (nSPS) is 12.9. The van der Waals surface area contributed by atoms with Crippen molar-refractivity contribution < 1.29 is 19.4 Å². The molecule has 2 aromatic rings. The maximum absolute atomic E-state index is 12.5. The molecule has 5 nitrogen and oxygen atoms in total. The molecule has 0 radical (unpaired) electrons. The summed E-state index contributed by atoms with van der Waals surface area (Å²) in [5.74, 6) is -0.957. The number of alkyl carbamates (subject to hydrolysis) is 1. The molecule has 0 fully saturated rings. The smallest absolute Gasteiger partial charge is 0.407 e. The highest BCUT2D eigenvalue weighted by molar-refractivity contribution is 7.02. The minimum Gasteiger partial charge on any atom is -0.481 e. The lowest BCUT2D eigenvalue weighted by molar-refractivity contribution is -0.137. The van der Waals surface area contributed by atoms with Gasteiger partial charge in [-0.3, -0.25) is 4.79 Å². The van der Waals surface area contributed by atoms with E-state index in [9.17, 15) is 14.7 Å². The average Bonchev–Trinajstić information content (AvgIpc) is 2.60. The lowest BCUT2D eigenvalue weighted by Crippen LogP contribution is -2.69. The Morgan fingerprint density at radius 2 is 1.44 bits per heavy atom. The Kier molecular flexibility index (Phi) is 6.44. The Morgan fingerprint density at radius 1 is 1.00 bits per heavy atom. The second-order valence-corrected chi connectivity index (χ2v) is 12.0. The zero-order valence-corrected chi connectivity index (χ0v) is 17.2. The van der Waals surface area contributed by atoms with Gasteiger partial charge in [-0.1, -0.05) is 77.6 Å². The standard InChI is InChI=1S/C21H27NO4Si/c1-21(2,3)26-20(25)22-18(15-19(23)24)27(4,16-11-7-5-8-12-16)17-13-9-6-10-14-17/h5-14,18H,15H2,1-4H3,(H,22,25)(H,23,24)/t18-/m1/s1. The van der Waals surface area contributed by atoms with Crippen LogP contribution in [0.1, 0.15) is 27.2 Å². The summed E-state index contributed by atoms with van der Waals surface area (Å²) >= 11 is 0. The number of nitrogens with one attached hydrogen (secondary N) is 1. The molecule has 27 heavy (non-hydrogen) atoms. The van der Waals surface area contributed by atoms with Crippen molar-refractivity contribution in [2.75, 3.05) is 0 Å². The number of aliphatic carboxylic acids is 1. The highest BCUT2D eigenvalue weighted by Gasteiger charge is 2.42. The predicted octanol–water partition coefficient (Wildman–Crippen LogP) is 2.79. The number of benzene rings is 2. The minimum absolute atomic E-state index is 0.175. The van der Waals surface area contributed by atoms with E-state index in [0.29, 0.717) is 0 Å².